The monoisotopic (exact) mass is 523 g/mol. The third kappa shape index (κ3) is 10.1. The number of nitrogens with zero attached hydrogens (tertiary/aromatic N) is 1. The van der Waals surface area contributed by atoms with Gasteiger partial charge in [-0.3, -0.25) is 14.4 Å². The summed E-state index contributed by atoms with van der Waals surface area (Å²) in [4.78, 5) is 52.9. The Labute approximate surface area is 220 Å². The van der Waals surface area contributed by atoms with Crippen LogP contribution in [-0.2, 0) is 23.9 Å². The minimum Gasteiger partial charge on any atom is -0.468 e. The second-order valence-corrected chi connectivity index (χ2v) is 10.0. The van der Waals surface area contributed by atoms with E-state index in [0.29, 0.717) is 12.0 Å². The van der Waals surface area contributed by atoms with Crippen molar-refractivity contribution >= 4 is 36.5 Å². The smallest absolute Gasteiger partial charge is 0.408 e. The van der Waals surface area contributed by atoms with Crippen molar-refractivity contribution in [3.63, 3.8) is 0 Å². The van der Waals surface area contributed by atoms with Crippen LogP contribution in [0.5, 0.6) is 0 Å². The first-order valence-electron chi connectivity index (χ1n) is 12.2. The molecule has 0 aliphatic heterocycles. The number of benzene rings is 1. The maximum atomic E-state index is 13.8. The van der Waals surface area contributed by atoms with Crippen molar-refractivity contribution in [2.24, 2.45) is 0 Å². The molecular weight excluding hydrogens is 482 g/mol. The van der Waals surface area contributed by atoms with E-state index >= 15 is 0 Å². The molecule has 0 aromatic heterocycles. The zero-order chi connectivity index (χ0) is 27.5. The fourth-order valence-corrected chi connectivity index (χ4v) is 3.81. The van der Waals surface area contributed by atoms with Crippen LogP contribution in [0.15, 0.2) is 18.2 Å². The molecule has 36 heavy (non-hydrogen) atoms. The third-order valence-corrected chi connectivity index (χ3v) is 5.75. The number of nitrogens with one attached hydrogen (secondary N) is 2. The first-order chi connectivity index (χ1) is 16.8. The van der Waals surface area contributed by atoms with Gasteiger partial charge in [-0.1, -0.05) is 43.5 Å². The van der Waals surface area contributed by atoms with Crippen molar-refractivity contribution in [2.75, 3.05) is 26.0 Å². The fourth-order valence-electron chi connectivity index (χ4n) is 3.57. The van der Waals surface area contributed by atoms with E-state index in [1.165, 1.54) is 12.0 Å². The summed E-state index contributed by atoms with van der Waals surface area (Å²) < 4.78 is 9.97. The molecule has 2 unspecified atom stereocenters. The molecule has 2 N–H and O–H groups in total. The van der Waals surface area contributed by atoms with Gasteiger partial charge in [0.25, 0.3) is 0 Å². The third-order valence-electron chi connectivity index (χ3n) is 5.38. The summed E-state index contributed by atoms with van der Waals surface area (Å²) in [7, 11) is 1.23. The molecule has 0 radical (unpaired) electrons. The SMILES string of the molecule is CCCCCN(C(=O)C(CS)NC(=O)OC(C)(C)C)C(C(=O)NCC(=O)OC)c1cc(C)ccc1C. The molecule has 9 nitrogen and oxygen atoms in total. The quantitative estimate of drug-likeness (QED) is 0.220. The van der Waals surface area contributed by atoms with Crippen LogP contribution in [0.3, 0.4) is 0 Å². The van der Waals surface area contributed by atoms with Crippen molar-refractivity contribution in [2.45, 2.75) is 78.5 Å². The Bertz CT molecular complexity index is 915. The lowest BCUT2D eigenvalue weighted by atomic mass is 9.96. The number of rotatable bonds is 12. The predicted molar refractivity (Wildman–Crippen MR) is 142 cm³/mol. The van der Waals surface area contributed by atoms with E-state index in [-0.39, 0.29) is 18.8 Å². The highest BCUT2D eigenvalue weighted by molar-refractivity contribution is 7.80. The number of amides is 3. The molecule has 0 aliphatic rings. The number of alkyl carbamates (subject to hydrolysis) is 1. The number of hydrogen-bond donors (Lipinski definition) is 3. The minimum atomic E-state index is -1.03. The van der Waals surface area contributed by atoms with Crippen LogP contribution in [0.4, 0.5) is 4.79 Å². The van der Waals surface area contributed by atoms with Crippen LogP contribution < -0.4 is 10.6 Å². The number of thiol groups is 1. The number of hydrogen-bond acceptors (Lipinski definition) is 7. The molecule has 2 atom stereocenters. The van der Waals surface area contributed by atoms with Crippen LogP contribution in [0.25, 0.3) is 0 Å². The van der Waals surface area contributed by atoms with Gasteiger partial charge in [0, 0.05) is 12.3 Å². The second-order valence-electron chi connectivity index (χ2n) is 9.68. The van der Waals surface area contributed by atoms with Gasteiger partial charge in [0.2, 0.25) is 11.8 Å². The summed E-state index contributed by atoms with van der Waals surface area (Å²) in [6.07, 6.45) is 1.66. The molecule has 202 valence electrons. The van der Waals surface area contributed by atoms with Gasteiger partial charge in [-0.15, -0.1) is 0 Å². The fraction of sp³-hybridized carbons (Fsp3) is 0.615. The van der Waals surface area contributed by atoms with Crippen molar-refractivity contribution in [1.82, 2.24) is 15.5 Å². The lowest BCUT2D eigenvalue weighted by Gasteiger charge is -2.35. The Hall–Kier alpha value is -2.75. The molecule has 0 saturated carbocycles. The molecule has 0 aliphatic carbocycles. The summed E-state index contributed by atoms with van der Waals surface area (Å²) >= 11 is 4.29. The molecule has 1 rings (SSSR count). The Morgan fingerprint density at radius 2 is 1.78 bits per heavy atom. The van der Waals surface area contributed by atoms with E-state index < -0.39 is 41.6 Å². The highest BCUT2D eigenvalue weighted by Gasteiger charge is 2.36. The average molecular weight is 524 g/mol. The number of methoxy groups -OCH3 is 1. The first-order valence-corrected chi connectivity index (χ1v) is 12.8. The van der Waals surface area contributed by atoms with Crippen LogP contribution in [0.2, 0.25) is 0 Å². The van der Waals surface area contributed by atoms with Gasteiger partial charge < -0.3 is 25.0 Å². The zero-order valence-corrected chi connectivity index (χ0v) is 23.4. The van der Waals surface area contributed by atoms with Gasteiger partial charge in [-0.25, -0.2) is 4.79 Å². The number of carbonyl (C=O) groups is 4. The number of esters is 1. The molecule has 1 aromatic carbocycles. The van der Waals surface area contributed by atoms with Crippen LogP contribution in [0, 0.1) is 13.8 Å². The maximum absolute atomic E-state index is 13.8. The van der Waals surface area contributed by atoms with E-state index in [2.05, 4.69) is 28.0 Å². The molecule has 0 fully saturated rings. The van der Waals surface area contributed by atoms with Crippen LogP contribution in [-0.4, -0.2) is 66.4 Å². The Morgan fingerprint density at radius 1 is 1.11 bits per heavy atom. The average Bonchev–Trinajstić information content (AvgIpc) is 2.80. The summed E-state index contributed by atoms with van der Waals surface area (Å²) in [5.41, 5.74) is 1.62. The highest BCUT2D eigenvalue weighted by Crippen LogP contribution is 2.27. The maximum Gasteiger partial charge on any atom is 0.408 e. The zero-order valence-electron chi connectivity index (χ0n) is 22.5. The molecule has 10 heteroatoms. The molecule has 0 spiro atoms. The lowest BCUT2D eigenvalue weighted by Crippen LogP contribution is -2.54. The summed E-state index contributed by atoms with van der Waals surface area (Å²) in [5, 5.41) is 5.18. The van der Waals surface area contributed by atoms with E-state index in [0.717, 1.165) is 24.0 Å². The number of unbranched alkanes of at least 4 members (excludes halogenated alkanes) is 2. The van der Waals surface area contributed by atoms with Gasteiger partial charge in [-0.2, -0.15) is 12.6 Å². The van der Waals surface area contributed by atoms with Crippen LogP contribution in [0.1, 0.15) is 69.7 Å². The van der Waals surface area contributed by atoms with Crippen molar-refractivity contribution in [3.8, 4) is 0 Å². The van der Waals surface area contributed by atoms with Crippen molar-refractivity contribution < 1.29 is 28.7 Å². The normalized spacial score (nSPS) is 12.8. The molecule has 0 saturated heterocycles. The molecule has 0 heterocycles. The van der Waals surface area contributed by atoms with E-state index in [1.54, 1.807) is 20.8 Å². The highest BCUT2D eigenvalue weighted by atomic mass is 32.1. The van der Waals surface area contributed by atoms with Gasteiger partial charge in [-0.05, 0) is 52.2 Å². The first kappa shape index (κ1) is 31.3. The van der Waals surface area contributed by atoms with E-state index in [9.17, 15) is 19.2 Å². The number of aryl methyl sites for hydroxylation is 2. The van der Waals surface area contributed by atoms with Crippen molar-refractivity contribution in [1.29, 1.82) is 0 Å². The van der Waals surface area contributed by atoms with E-state index in [1.807, 2.05) is 39.0 Å². The summed E-state index contributed by atoms with van der Waals surface area (Å²) in [6, 6.07) is 3.61. The predicted octanol–water partition coefficient (Wildman–Crippen LogP) is 3.48. The molecule has 1 aromatic rings. The number of ether oxygens (including phenoxy) is 2. The Morgan fingerprint density at radius 3 is 2.33 bits per heavy atom. The van der Waals surface area contributed by atoms with Gasteiger partial charge in [0.05, 0.1) is 7.11 Å². The Balaban J connectivity index is 3.46. The minimum absolute atomic E-state index is 0.00561. The number of carbonyl (C=O) groups excluding carboxylic acids is 4. The largest absolute Gasteiger partial charge is 0.468 e. The van der Waals surface area contributed by atoms with Gasteiger partial charge in [0.15, 0.2) is 0 Å². The van der Waals surface area contributed by atoms with Crippen LogP contribution >= 0.6 is 12.6 Å². The topological polar surface area (TPSA) is 114 Å². The Kier molecular flexibility index (Phi) is 12.8. The van der Waals surface area contributed by atoms with Gasteiger partial charge in [0.1, 0.15) is 24.2 Å². The van der Waals surface area contributed by atoms with E-state index in [4.69, 9.17) is 4.74 Å². The molecule has 3 amide bonds. The van der Waals surface area contributed by atoms with Gasteiger partial charge >= 0.3 is 12.1 Å². The van der Waals surface area contributed by atoms with Crippen molar-refractivity contribution in [3.05, 3.63) is 34.9 Å². The molecule has 0 bridgehead atoms. The summed E-state index contributed by atoms with van der Waals surface area (Å²) in [6.45, 7) is 10.9. The lowest BCUT2D eigenvalue weighted by molar-refractivity contribution is -0.144. The standard InChI is InChI=1S/C26H41N3O6S/c1-8-9-10-13-29(24(32)20(16-36)28-25(33)35-26(4,5)6)22(23(31)27-15-21(30)34-7)19-14-17(2)11-12-18(19)3/h11-12,14,20,22,36H,8-10,13,15-16H2,1-7H3,(H,27,31)(H,28,33). The second kappa shape index (κ2) is 14.7. The molecular formula is C26H41N3O6S. The summed E-state index contributed by atoms with van der Waals surface area (Å²) in [5.74, 6) is -1.59.